The van der Waals surface area contributed by atoms with Crippen LogP contribution < -0.4 is 0 Å². The maximum Gasteiger partial charge on any atom is 0.254 e. The number of likely N-dealkylation sites (N-methyl/N-ethyl adjacent to an activating group) is 1. The van der Waals surface area contributed by atoms with E-state index < -0.39 is 0 Å². The molecule has 0 radical (unpaired) electrons. The Bertz CT molecular complexity index is 760. The van der Waals surface area contributed by atoms with Crippen LogP contribution in [0.25, 0.3) is 10.8 Å². The molecule has 2 aromatic carbocycles. The summed E-state index contributed by atoms with van der Waals surface area (Å²) in [5.74, 6) is 0.754. The summed E-state index contributed by atoms with van der Waals surface area (Å²) in [7, 11) is 2.16. The lowest BCUT2D eigenvalue weighted by molar-refractivity contribution is 0.0589. The summed E-state index contributed by atoms with van der Waals surface area (Å²) in [5, 5.41) is 2.62. The zero-order valence-electron chi connectivity index (χ0n) is 13.3. The van der Waals surface area contributed by atoms with Gasteiger partial charge in [-0.05, 0) is 43.3 Å². The molecule has 0 spiro atoms. The summed E-state index contributed by atoms with van der Waals surface area (Å²) in [4.78, 5) is 17.7. The minimum atomic E-state index is 0.155. The van der Waals surface area contributed by atoms with Gasteiger partial charge < -0.3 is 9.80 Å². The van der Waals surface area contributed by atoms with Crippen molar-refractivity contribution in [2.75, 3.05) is 26.7 Å². The predicted molar refractivity (Wildman–Crippen MR) is 94.0 cm³/mol. The smallest absolute Gasteiger partial charge is 0.254 e. The number of hydrogen-bond acceptors (Lipinski definition) is 2. The predicted octanol–water partition coefficient (Wildman–Crippen LogP) is 3.66. The molecule has 1 amide bonds. The summed E-state index contributed by atoms with van der Waals surface area (Å²) in [6.45, 7) is 2.96. The first-order chi connectivity index (χ1) is 11.1. The summed E-state index contributed by atoms with van der Waals surface area (Å²) < 4.78 is 0. The molecule has 5 rings (SSSR count). The molecule has 3 nitrogen and oxygen atoms in total. The van der Waals surface area contributed by atoms with Crippen molar-refractivity contribution in [3.8, 4) is 0 Å². The standard InChI is InChI=1S/C19H21ClN2O/c1-21-10-13-8-9-14(12-21)22(11-13)19(23)17-6-2-5-16-15(17)4-3-7-18(16)20/h2-7,13-14H,8-12H2,1H3/t13-,14+/m0/s1. The van der Waals surface area contributed by atoms with Crippen molar-refractivity contribution < 1.29 is 4.79 Å². The second-order valence-corrected chi connectivity index (χ2v) is 7.32. The minimum absolute atomic E-state index is 0.155. The molecule has 3 aliphatic rings. The maximum atomic E-state index is 13.2. The number of fused-ring (bicyclic) bond motifs is 5. The lowest BCUT2D eigenvalue weighted by atomic mass is 9.93. The second-order valence-electron chi connectivity index (χ2n) is 6.92. The number of amides is 1. The van der Waals surface area contributed by atoms with Crippen LogP contribution in [0.2, 0.25) is 5.02 Å². The number of halogens is 1. The number of piperidine rings is 1. The highest BCUT2D eigenvalue weighted by molar-refractivity contribution is 6.36. The topological polar surface area (TPSA) is 23.6 Å². The first-order valence-corrected chi connectivity index (χ1v) is 8.68. The molecule has 3 fully saturated rings. The van der Waals surface area contributed by atoms with Gasteiger partial charge in [-0.2, -0.15) is 0 Å². The number of carbonyl (C=O) groups excluding carboxylic acids is 1. The van der Waals surface area contributed by atoms with Crippen LogP contribution in [0.4, 0.5) is 0 Å². The van der Waals surface area contributed by atoms with E-state index in [0.29, 0.717) is 17.0 Å². The Morgan fingerprint density at radius 1 is 1.04 bits per heavy atom. The summed E-state index contributed by atoms with van der Waals surface area (Å²) in [6.07, 6.45) is 2.35. The maximum absolute atomic E-state index is 13.2. The van der Waals surface area contributed by atoms with E-state index in [9.17, 15) is 4.79 Å². The van der Waals surface area contributed by atoms with Gasteiger partial charge in [0, 0.05) is 41.6 Å². The van der Waals surface area contributed by atoms with Gasteiger partial charge in [0.25, 0.3) is 5.91 Å². The Labute approximate surface area is 141 Å². The van der Waals surface area contributed by atoms with Crippen molar-refractivity contribution >= 4 is 28.3 Å². The van der Waals surface area contributed by atoms with E-state index in [-0.39, 0.29) is 5.91 Å². The molecule has 2 atom stereocenters. The third-order valence-corrected chi connectivity index (χ3v) is 5.59. The molecule has 0 aromatic heterocycles. The molecule has 0 saturated carbocycles. The minimum Gasteiger partial charge on any atom is -0.334 e. The number of rotatable bonds is 1. The van der Waals surface area contributed by atoms with Crippen LogP contribution in [0.1, 0.15) is 23.2 Å². The van der Waals surface area contributed by atoms with Crippen LogP contribution in [0.3, 0.4) is 0 Å². The van der Waals surface area contributed by atoms with E-state index in [2.05, 4.69) is 16.8 Å². The molecular weight excluding hydrogens is 308 g/mol. The van der Waals surface area contributed by atoms with Crippen LogP contribution in [-0.2, 0) is 0 Å². The summed E-state index contributed by atoms with van der Waals surface area (Å²) in [6, 6.07) is 12.0. The Morgan fingerprint density at radius 2 is 1.83 bits per heavy atom. The van der Waals surface area contributed by atoms with Crippen LogP contribution in [-0.4, -0.2) is 48.4 Å². The highest BCUT2D eigenvalue weighted by Crippen LogP contribution is 2.31. The molecule has 3 aliphatic heterocycles. The van der Waals surface area contributed by atoms with Crippen molar-refractivity contribution in [1.82, 2.24) is 9.80 Å². The van der Waals surface area contributed by atoms with Crippen LogP contribution in [0.5, 0.6) is 0 Å². The van der Waals surface area contributed by atoms with Crippen molar-refractivity contribution in [2.24, 2.45) is 5.92 Å². The number of benzene rings is 2. The van der Waals surface area contributed by atoms with Crippen molar-refractivity contribution in [3.63, 3.8) is 0 Å². The average molecular weight is 329 g/mol. The van der Waals surface area contributed by atoms with E-state index in [1.54, 1.807) is 0 Å². The molecule has 120 valence electrons. The van der Waals surface area contributed by atoms with Gasteiger partial charge in [0.05, 0.1) is 0 Å². The van der Waals surface area contributed by atoms with Gasteiger partial charge in [-0.3, -0.25) is 4.79 Å². The highest BCUT2D eigenvalue weighted by atomic mass is 35.5. The third kappa shape index (κ3) is 2.62. The molecule has 23 heavy (non-hydrogen) atoms. The van der Waals surface area contributed by atoms with Crippen LogP contribution >= 0.6 is 11.6 Å². The van der Waals surface area contributed by atoms with Crippen molar-refractivity contribution in [3.05, 3.63) is 47.0 Å². The molecule has 0 aliphatic carbocycles. The van der Waals surface area contributed by atoms with E-state index in [4.69, 9.17) is 11.6 Å². The lowest BCUT2D eigenvalue weighted by Crippen LogP contribution is -2.47. The van der Waals surface area contributed by atoms with Gasteiger partial charge in [-0.25, -0.2) is 0 Å². The molecule has 3 saturated heterocycles. The van der Waals surface area contributed by atoms with Gasteiger partial charge in [-0.15, -0.1) is 0 Å². The van der Waals surface area contributed by atoms with E-state index in [0.717, 1.165) is 42.4 Å². The lowest BCUT2D eigenvalue weighted by Gasteiger charge is -2.36. The van der Waals surface area contributed by atoms with Gasteiger partial charge >= 0.3 is 0 Å². The van der Waals surface area contributed by atoms with Crippen molar-refractivity contribution in [2.45, 2.75) is 18.9 Å². The Kier molecular flexibility index (Phi) is 3.78. The number of carbonyl (C=O) groups is 1. The Balaban J connectivity index is 1.74. The molecule has 3 heterocycles. The van der Waals surface area contributed by atoms with Crippen LogP contribution in [0.15, 0.2) is 36.4 Å². The molecule has 4 heteroatoms. The fourth-order valence-corrected chi connectivity index (χ4v) is 4.42. The van der Waals surface area contributed by atoms with Gasteiger partial charge in [0.15, 0.2) is 0 Å². The molecular formula is C19H21ClN2O. The second kappa shape index (κ2) is 5.81. The van der Waals surface area contributed by atoms with E-state index in [1.807, 2.05) is 36.4 Å². The molecule has 2 bridgehead atoms. The Hall–Kier alpha value is -1.58. The first-order valence-electron chi connectivity index (χ1n) is 8.30. The average Bonchev–Trinajstić information content (AvgIpc) is 2.83. The van der Waals surface area contributed by atoms with Crippen molar-refractivity contribution in [1.29, 1.82) is 0 Å². The Morgan fingerprint density at radius 3 is 2.70 bits per heavy atom. The fourth-order valence-electron chi connectivity index (χ4n) is 4.18. The first kappa shape index (κ1) is 15.0. The van der Waals surface area contributed by atoms with Gasteiger partial charge in [-0.1, -0.05) is 35.9 Å². The third-order valence-electron chi connectivity index (χ3n) is 5.26. The van der Waals surface area contributed by atoms with E-state index >= 15 is 0 Å². The van der Waals surface area contributed by atoms with Gasteiger partial charge in [0.1, 0.15) is 0 Å². The molecule has 0 unspecified atom stereocenters. The summed E-state index contributed by atoms with van der Waals surface area (Å²) >= 11 is 6.30. The molecule has 0 N–H and O–H groups in total. The fraction of sp³-hybridized carbons (Fsp3) is 0.421. The monoisotopic (exact) mass is 328 g/mol. The largest absolute Gasteiger partial charge is 0.334 e. The zero-order valence-corrected chi connectivity index (χ0v) is 14.1. The van der Waals surface area contributed by atoms with E-state index in [1.165, 1.54) is 6.42 Å². The summed E-state index contributed by atoms with van der Waals surface area (Å²) in [5.41, 5.74) is 0.778. The quantitative estimate of drug-likeness (QED) is 0.797. The van der Waals surface area contributed by atoms with Gasteiger partial charge in [0.2, 0.25) is 0 Å². The molecule has 2 aromatic rings. The number of hydrogen-bond donors (Lipinski definition) is 0. The zero-order chi connectivity index (χ0) is 16.0. The normalized spacial score (nSPS) is 24.9. The SMILES string of the molecule is CN1C[C@@H]2CC[C@H](C1)N(C(=O)c1cccc3c(Cl)cccc13)C2. The highest BCUT2D eigenvalue weighted by Gasteiger charge is 2.36. The van der Waals surface area contributed by atoms with Crippen LogP contribution in [0, 0.1) is 5.92 Å². The number of nitrogens with zero attached hydrogens (tertiary/aromatic N) is 2.